The molecule has 0 atom stereocenters. The van der Waals surface area contributed by atoms with Crippen molar-refractivity contribution in [1.29, 1.82) is 5.26 Å². The van der Waals surface area contributed by atoms with E-state index in [0.29, 0.717) is 32.0 Å². The summed E-state index contributed by atoms with van der Waals surface area (Å²) in [7, 11) is 0. The van der Waals surface area contributed by atoms with Crippen LogP contribution in [0.5, 0.6) is 11.5 Å². The second-order valence-electron chi connectivity index (χ2n) is 16.0. The number of hydrogen-bond donors (Lipinski definition) is 0. The van der Waals surface area contributed by atoms with Crippen LogP contribution in [0.15, 0.2) is 122 Å². The fourth-order valence-corrected chi connectivity index (χ4v) is 7.63. The maximum absolute atomic E-state index is 11.0. The van der Waals surface area contributed by atoms with Gasteiger partial charge in [-0.2, -0.15) is 5.26 Å². The second kappa shape index (κ2) is 28.8. The maximum Gasteiger partial charge on any atom is 0.330 e. The zero-order chi connectivity index (χ0) is 43.3. The quantitative estimate of drug-likeness (QED) is 0.0373. The van der Waals surface area contributed by atoms with Crippen LogP contribution in [0.3, 0.4) is 0 Å². The predicted molar refractivity (Wildman–Crippen MR) is 246 cm³/mol. The highest BCUT2D eigenvalue weighted by molar-refractivity contribution is 5.81. The summed E-state index contributed by atoms with van der Waals surface area (Å²) in [5.74, 6) is 2.82. The van der Waals surface area contributed by atoms with Crippen LogP contribution in [0, 0.1) is 17.2 Å². The Balaban J connectivity index is 0.000000276. The average molecular weight is 826 g/mol. The van der Waals surface area contributed by atoms with Crippen molar-refractivity contribution in [2.45, 2.75) is 116 Å². The van der Waals surface area contributed by atoms with Crippen molar-refractivity contribution in [2.75, 3.05) is 26.4 Å². The molecule has 0 heterocycles. The molecule has 1 fully saturated rings. The van der Waals surface area contributed by atoms with Crippen LogP contribution >= 0.6 is 0 Å². The summed E-state index contributed by atoms with van der Waals surface area (Å²) in [4.78, 5) is 21.9. The molecular weight excluding hydrogens is 759 g/mol. The standard InChI is InChI=1S/C31H42O3.C23H25NO3/c1-3-9-25-10-16-28(17-11-25)29-18-12-26(13-19-29)24-27-14-20-30(21-15-27)33-22-7-5-6-8-23-34-31(32)4-2;1-2-23(25)27-16-6-4-3-5-15-26-22-13-11-20(12-14-22)17-19-7-9-21(18-24)10-8-19/h4,12-15,18-21,25,28H,2-3,5-11,16-17,22-24H2,1H3;2,7-14H,1,3-6,15-17H2. The zero-order valence-corrected chi connectivity index (χ0v) is 36.5. The molecule has 61 heavy (non-hydrogen) atoms. The van der Waals surface area contributed by atoms with E-state index in [-0.39, 0.29) is 11.9 Å². The molecule has 324 valence electrons. The molecule has 7 nitrogen and oxygen atoms in total. The van der Waals surface area contributed by atoms with Crippen molar-refractivity contribution < 1.29 is 28.5 Å². The van der Waals surface area contributed by atoms with E-state index in [1.807, 2.05) is 36.4 Å². The second-order valence-corrected chi connectivity index (χ2v) is 16.0. The van der Waals surface area contributed by atoms with E-state index in [0.717, 1.165) is 87.5 Å². The number of carbonyl (C=O) groups is 2. The Morgan fingerprint density at radius 2 is 0.967 bits per heavy atom. The van der Waals surface area contributed by atoms with Crippen LogP contribution in [0.25, 0.3) is 0 Å². The molecule has 0 unspecified atom stereocenters. The van der Waals surface area contributed by atoms with E-state index in [1.165, 1.54) is 78.5 Å². The number of ether oxygens (including phenoxy) is 4. The molecule has 4 aromatic rings. The lowest BCUT2D eigenvalue weighted by Gasteiger charge is -2.28. The van der Waals surface area contributed by atoms with Gasteiger partial charge in [-0.15, -0.1) is 0 Å². The fraction of sp³-hybridized carbons (Fsp3) is 0.426. The van der Waals surface area contributed by atoms with Gasteiger partial charge in [-0.3, -0.25) is 0 Å². The molecule has 0 spiro atoms. The van der Waals surface area contributed by atoms with E-state index in [4.69, 9.17) is 24.2 Å². The Hall–Kier alpha value is -5.61. The summed E-state index contributed by atoms with van der Waals surface area (Å²) >= 11 is 0. The number of esters is 2. The first-order valence-electron chi connectivity index (χ1n) is 22.5. The van der Waals surface area contributed by atoms with Crippen molar-refractivity contribution in [2.24, 2.45) is 5.92 Å². The third-order valence-corrected chi connectivity index (χ3v) is 11.2. The van der Waals surface area contributed by atoms with Crippen LogP contribution in [0.2, 0.25) is 0 Å². The first-order chi connectivity index (χ1) is 29.9. The Bertz CT molecular complexity index is 1890. The van der Waals surface area contributed by atoms with Gasteiger partial charge in [0.05, 0.1) is 38.1 Å². The lowest BCUT2D eigenvalue weighted by atomic mass is 9.77. The minimum absolute atomic E-state index is 0.344. The monoisotopic (exact) mass is 825 g/mol. The van der Waals surface area contributed by atoms with Gasteiger partial charge in [0.25, 0.3) is 0 Å². The molecule has 1 aliphatic rings. The number of benzene rings is 4. The van der Waals surface area contributed by atoms with Crippen LogP contribution < -0.4 is 9.47 Å². The van der Waals surface area contributed by atoms with Gasteiger partial charge in [0.15, 0.2) is 0 Å². The number of unbranched alkanes of at least 4 members (excludes halogenated alkanes) is 6. The number of nitriles is 1. The number of hydrogen-bond acceptors (Lipinski definition) is 7. The van der Waals surface area contributed by atoms with E-state index in [9.17, 15) is 9.59 Å². The Labute approximate surface area is 365 Å². The molecule has 0 aromatic heterocycles. The smallest absolute Gasteiger partial charge is 0.330 e. The molecule has 0 radical (unpaired) electrons. The van der Waals surface area contributed by atoms with Gasteiger partial charge in [0, 0.05) is 12.2 Å². The molecule has 1 saturated carbocycles. The SMILES string of the molecule is C=CC(=O)OCCCCCCOc1ccc(Cc2ccc(C#N)cc2)cc1.C=CC(=O)OCCCCCCOc1ccc(Cc2ccc(C3CCC(CCC)CC3)cc2)cc1. The van der Waals surface area contributed by atoms with Crippen molar-refractivity contribution in [3.05, 3.63) is 156 Å². The molecule has 0 saturated heterocycles. The first-order valence-corrected chi connectivity index (χ1v) is 22.5. The van der Waals surface area contributed by atoms with Crippen molar-refractivity contribution in [3.8, 4) is 17.6 Å². The van der Waals surface area contributed by atoms with Gasteiger partial charge in [-0.1, -0.05) is 93.6 Å². The molecule has 4 aromatic carbocycles. The average Bonchev–Trinajstić information content (AvgIpc) is 3.30. The summed E-state index contributed by atoms with van der Waals surface area (Å²) in [6.07, 6.45) is 20.3. The summed E-state index contributed by atoms with van der Waals surface area (Å²) in [5.41, 5.74) is 7.29. The summed E-state index contributed by atoms with van der Waals surface area (Å²) in [6, 6.07) is 35.8. The van der Waals surface area contributed by atoms with Gasteiger partial charge in [0.1, 0.15) is 11.5 Å². The van der Waals surface area contributed by atoms with Crippen molar-refractivity contribution in [3.63, 3.8) is 0 Å². The maximum atomic E-state index is 11.0. The summed E-state index contributed by atoms with van der Waals surface area (Å²) in [5, 5.41) is 8.84. The first kappa shape index (κ1) is 48.1. The van der Waals surface area contributed by atoms with Crippen LogP contribution in [-0.2, 0) is 31.9 Å². The van der Waals surface area contributed by atoms with Crippen LogP contribution in [0.4, 0.5) is 0 Å². The Morgan fingerprint density at radius 3 is 1.36 bits per heavy atom. The summed E-state index contributed by atoms with van der Waals surface area (Å²) < 4.78 is 21.6. The van der Waals surface area contributed by atoms with Crippen molar-refractivity contribution in [1.82, 2.24) is 0 Å². The van der Waals surface area contributed by atoms with Gasteiger partial charge in [-0.05, 0) is 166 Å². The minimum atomic E-state index is -0.360. The van der Waals surface area contributed by atoms with E-state index < -0.39 is 0 Å². The lowest BCUT2D eigenvalue weighted by Crippen LogP contribution is -2.13. The van der Waals surface area contributed by atoms with Gasteiger partial charge >= 0.3 is 11.9 Å². The minimum Gasteiger partial charge on any atom is -0.494 e. The number of carbonyl (C=O) groups excluding carboxylic acids is 2. The highest BCUT2D eigenvalue weighted by Gasteiger charge is 2.21. The molecule has 0 N–H and O–H groups in total. The molecule has 0 amide bonds. The third kappa shape index (κ3) is 19.5. The van der Waals surface area contributed by atoms with E-state index in [2.05, 4.69) is 86.8 Å². The highest BCUT2D eigenvalue weighted by Crippen LogP contribution is 2.37. The van der Waals surface area contributed by atoms with Crippen LogP contribution in [-0.4, -0.2) is 38.4 Å². The highest BCUT2D eigenvalue weighted by atomic mass is 16.5. The molecule has 5 rings (SSSR count). The van der Waals surface area contributed by atoms with Gasteiger partial charge in [-0.25, -0.2) is 9.59 Å². The Kier molecular flexibility index (Phi) is 22.7. The van der Waals surface area contributed by atoms with Gasteiger partial charge in [0.2, 0.25) is 0 Å². The largest absolute Gasteiger partial charge is 0.494 e. The Morgan fingerprint density at radius 1 is 0.574 bits per heavy atom. The van der Waals surface area contributed by atoms with Gasteiger partial charge < -0.3 is 18.9 Å². The lowest BCUT2D eigenvalue weighted by molar-refractivity contribution is -0.138. The number of nitrogens with zero attached hydrogens (tertiary/aromatic N) is 1. The molecule has 1 aliphatic carbocycles. The van der Waals surface area contributed by atoms with Crippen LogP contribution in [0.1, 0.15) is 136 Å². The van der Waals surface area contributed by atoms with Crippen molar-refractivity contribution >= 4 is 11.9 Å². The van der Waals surface area contributed by atoms with E-state index in [1.54, 1.807) is 0 Å². The zero-order valence-electron chi connectivity index (χ0n) is 36.5. The number of rotatable bonds is 25. The predicted octanol–water partition coefficient (Wildman–Crippen LogP) is 12.8. The fourth-order valence-electron chi connectivity index (χ4n) is 7.63. The molecular formula is C54H67NO6. The molecule has 7 heteroatoms. The third-order valence-electron chi connectivity index (χ3n) is 11.2. The summed E-state index contributed by atoms with van der Waals surface area (Å²) in [6.45, 7) is 11.4. The molecule has 0 bridgehead atoms. The normalized spacial score (nSPS) is 14.4. The molecule has 0 aliphatic heterocycles. The van der Waals surface area contributed by atoms with E-state index >= 15 is 0 Å². The topological polar surface area (TPSA) is 94.9 Å².